The lowest BCUT2D eigenvalue weighted by molar-refractivity contribution is -0.137. The van der Waals surface area contributed by atoms with Gasteiger partial charge in [0.15, 0.2) is 0 Å². The van der Waals surface area contributed by atoms with Gasteiger partial charge in [-0.05, 0) is 45.2 Å². The number of hydrogen-bond acceptors (Lipinski definition) is 2. The molecule has 23 heavy (non-hydrogen) atoms. The number of halogens is 2. The van der Waals surface area contributed by atoms with Gasteiger partial charge in [0.1, 0.15) is 5.82 Å². The lowest BCUT2D eigenvalue weighted by Gasteiger charge is -2.39. The van der Waals surface area contributed by atoms with Gasteiger partial charge in [0.25, 0.3) is 0 Å². The number of nitrogens with zero attached hydrogens (tertiary/aromatic N) is 2. The molecule has 1 aromatic heterocycles. The highest BCUT2D eigenvalue weighted by atomic mass is 35.5. The Morgan fingerprint density at radius 3 is 2.61 bits per heavy atom. The number of rotatable bonds is 3. The number of likely N-dealkylation sites (tertiary alicyclic amines) is 1. The number of hydrogen-bond donors (Lipinski definition) is 1. The second kappa shape index (κ2) is 6.70. The van der Waals surface area contributed by atoms with Crippen molar-refractivity contribution in [3.8, 4) is 0 Å². The smallest absolute Gasteiger partial charge is 0.223 e. The van der Waals surface area contributed by atoms with Gasteiger partial charge >= 0.3 is 0 Å². The number of H-pyrrole nitrogens is 1. The first-order valence-corrected chi connectivity index (χ1v) is 8.86. The van der Waals surface area contributed by atoms with E-state index in [2.05, 4.69) is 23.8 Å². The van der Waals surface area contributed by atoms with E-state index < -0.39 is 0 Å². The number of imidazole rings is 1. The fraction of sp³-hybridized carbons (Fsp3) is 0.529. The molecule has 2 heterocycles. The molecule has 1 fully saturated rings. The fourth-order valence-electron chi connectivity index (χ4n) is 3.44. The first-order chi connectivity index (χ1) is 11.0. The number of aromatic amines is 1. The number of aryl methyl sites for hydroxylation is 1. The summed E-state index contributed by atoms with van der Waals surface area (Å²) in [5.74, 6) is 1.00. The lowest BCUT2D eigenvalue weighted by atomic mass is 9.97. The van der Waals surface area contributed by atoms with Crippen LogP contribution in [0, 0.1) is 0 Å². The standard InChI is InChI=1S/C17H21Cl2N3O/c1-10-4-3-5-11(2)22(10)17(23)7-6-16-20-14-8-12(18)13(19)9-15(14)21-16/h8-11H,3-7H2,1-2H3,(H,20,21)/t10-,11+. The molecule has 1 aliphatic heterocycles. The summed E-state index contributed by atoms with van der Waals surface area (Å²) in [5, 5.41) is 0.991. The van der Waals surface area contributed by atoms with Crippen LogP contribution in [0.2, 0.25) is 10.0 Å². The van der Waals surface area contributed by atoms with Crippen LogP contribution < -0.4 is 0 Å². The third-order valence-corrected chi connectivity index (χ3v) is 5.35. The average Bonchev–Trinajstić information content (AvgIpc) is 2.87. The first kappa shape index (κ1) is 16.6. The van der Waals surface area contributed by atoms with Crippen LogP contribution in [-0.2, 0) is 11.2 Å². The molecule has 1 amide bonds. The Kier molecular flexibility index (Phi) is 4.83. The van der Waals surface area contributed by atoms with E-state index >= 15 is 0 Å². The quantitative estimate of drug-likeness (QED) is 0.876. The molecule has 1 aliphatic rings. The van der Waals surface area contributed by atoms with Gasteiger partial charge in [-0.15, -0.1) is 0 Å². The van der Waals surface area contributed by atoms with Crippen molar-refractivity contribution in [2.45, 2.75) is 58.0 Å². The first-order valence-electron chi connectivity index (χ1n) is 8.10. The summed E-state index contributed by atoms with van der Waals surface area (Å²) in [6, 6.07) is 4.18. The number of carbonyl (C=O) groups is 1. The zero-order valence-corrected chi connectivity index (χ0v) is 14.9. The molecule has 0 aliphatic carbocycles. The molecule has 3 rings (SSSR count). The van der Waals surface area contributed by atoms with Crippen molar-refractivity contribution in [2.75, 3.05) is 0 Å². The molecule has 6 heteroatoms. The Hall–Kier alpha value is -1.26. The molecule has 0 unspecified atom stereocenters. The Balaban J connectivity index is 1.69. The molecule has 124 valence electrons. The number of aromatic nitrogens is 2. The van der Waals surface area contributed by atoms with Gasteiger partial charge < -0.3 is 9.88 Å². The normalized spacial score (nSPS) is 21.8. The highest BCUT2D eigenvalue weighted by Crippen LogP contribution is 2.27. The molecule has 0 saturated carbocycles. The maximum Gasteiger partial charge on any atom is 0.223 e. The zero-order chi connectivity index (χ0) is 16.6. The second-order valence-corrected chi connectivity index (χ2v) is 7.21. The lowest BCUT2D eigenvalue weighted by Crippen LogP contribution is -2.47. The summed E-state index contributed by atoms with van der Waals surface area (Å²) in [7, 11) is 0. The van der Waals surface area contributed by atoms with Crippen LogP contribution in [0.4, 0.5) is 0 Å². The summed E-state index contributed by atoms with van der Waals surface area (Å²) in [5.41, 5.74) is 1.63. The molecule has 0 bridgehead atoms. The Morgan fingerprint density at radius 1 is 1.26 bits per heavy atom. The van der Waals surface area contributed by atoms with E-state index in [1.54, 1.807) is 12.1 Å². The molecule has 1 aromatic carbocycles. The van der Waals surface area contributed by atoms with Crippen molar-refractivity contribution in [1.82, 2.24) is 14.9 Å². The molecule has 4 nitrogen and oxygen atoms in total. The molecular formula is C17H21Cl2N3O. The Labute approximate surface area is 146 Å². The van der Waals surface area contributed by atoms with E-state index in [1.807, 2.05) is 4.90 Å². The van der Waals surface area contributed by atoms with Crippen LogP contribution in [0.15, 0.2) is 12.1 Å². The molecule has 0 radical (unpaired) electrons. The van der Waals surface area contributed by atoms with E-state index in [9.17, 15) is 4.79 Å². The van der Waals surface area contributed by atoms with E-state index in [4.69, 9.17) is 23.2 Å². The van der Waals surface area contributed by atoms with Gasteiger partial charge in [-0.25, -0.2) is 4.98 Å². The molecule has 2 aromatic rings. The number of benzene rings is 1. The minimum Gasteiger partial charge on any atom is -0.342 e. The van der Waals surface area contributed by atoms with Gasteiger partial charge in [0.2, 0.25) is 5.91 Å². The predicted octanol–water partition coefficient (Wildman–Crippen LogP) is 4.59. The van der Waals surface area contributed by atoms with Gasteiger partial charge in [-0.3, -0.25) is 4.79 Å². The van der Waals surface area contributed by atoms with E-state index in [0.717, 1.165) is 29.7 Å². The number of piperidine rings is 1. The fourth-order valence-corrected chi connectivity index (χ4v) is 3.77. The predicted molar refractivity (Wildman–Crippen MR) is 94.1 cm³/mol. The summed E-state index contributed by atoms with van der Waals surface area (Å²) in [6.07, 6.45) is 4.46. The van der Waals surface area contributed by atoms with Crippen LogP contribution >= 0.6 is 23.2 Å². The van der Waals surface area contributed by atoms with Crippen LogP contribution in [0.5, 0.6) is 0 Å². The van der Waals surface area contributed by atoms with Gasteiger partial charge in [0, 0.05) is 24.9 Å². The zero-order valence-electron chi connectivity index (χ0n) is 13.4. The van der Waals surface area contributed by atoms with Crippen molar-refractivity contribution < 1.29 is 4.79 Å². The third kappa shape index (κ3) is 3.48. The number of fused-ring (bicyclic) bond motifs is 1. The molecular weight excluding hydrogens is 333 g/mol. The number of amides is 1. The highest BCUT2D eigenvalue weighted by Gasteiger charge is 2.28. The third-order valence-electron chi connectivity index (χ3n) is 4.63. The van der Waals surface area contributed by atoms with Crippen LogP contribution in [0.1, 0.15) is 45.4 Å². The minimum atomic E-state index is 0.209. The summed E-state index contributed by atoms with van der Waals surface area (Å²) < 4.78 is 0. The minimum absolute atomic E-state index is 0.209. The van der Waals surface area contributed by atoms with Gasteiger partial charge in [0.05, 0.1) is 21.1 Å². The second-order valence-electron chi connectivity index (χ2n) is 6.40. The van der Waals surface area contributed by atoms with Crippen LogP contribution in [-0.4, -0.2) is 32.9 Å². The molecule has 1 saturated heterocycles. The van der Waals surface area contributed by atoms with Crippen LogP contribution in [0.3, 0.4) is 0 Å². The van der Waals surface area contributed by atoms with Crippen molar-refractivity contribution >= 4 is 40.1 Å². The van der Waals surface area contributed by atoms with Crippen molar-refractivity contribution in [3.05, 3.63) is 28.0 Å². The number of nitrogens with one attached hydrogen (secondary N) is 1. The highest BCUT2D eigenvalue weighted by molar-refractivity contribution is 6.42. The van der Waals surface area contributed by atoms with E-state index in [-0.39, 0.29) is 5.91 Å². The SMILES string of the molecule is C[C@@H]1CCC[C@H](C)N1C(=O)CCc1nc2cc(Cl)c(Cl)cc2[nH]1. The molecule has 1 N–H and O–H groups in total. The average molecular weight is 354 g/mol. The van der Waals surface area contributed by atoms with Crippen molar-refractivity contribution in [3.63, 3.8) is 0 Å². The van der Waals surface area contributed by atoms with E-state index in [0.29, 0.717) is 35.0 Å². The van der Waals surface area contributed by atoms with Gasteiger partial charge in [-0.2, -0.15) is 0 Å². The Morgan fingerprint density at radius 2 is 1.91 bits per heavy atom. The van der Waals surface area contributed by atoms with E-state index in [1.165, 1.54) is 6.42 Å². The van der Waals surface area contributed by atoms with Gasteiger partial charge in [-0.1, -0.05) is 23.2 Å². The van der Waals surface area contributed by atoms with Crippen molar-refractivity contribution in [1.29, 1.82) is 0 Å². The monoisotopic (exact) mass is 353 g/mol. The topological polar surface area (TPSA) is 49.0 Å². The van der Waals surface area contributed by atoms with Crippen LogP contribution in [0.25, 0.3) is 11.0 Å². The summed E-state index contributed by atoms with van der Waals surface area (Å²) >= 11 is 12.0. The maximum absolute atomic E-state index is 12.6. The number of carbonyl (C=O) groups excluding carboxylic acids is 1. The van der Waals surface area contributed by atoms with Crippen molar-refractivity contribution in [2.24, 2.45) is 0 Å². The largest absolute Gasteiger partial charge is 0.342 e. The maximum atomic E-state index is 12.6. The summed E-state index contributed by atoms with van der Waals surface area (Å²) in [4.78, 5) is 22.3. The summed E-state index contributed by atoms with van der Waals surface area (Å²) in [6.45, 7) is 4.28. The molecule has 0 spiro atoms. The Bertz CT molecular complexity index is 679. The molecule has 2 atom stereocenters.